The average Bonchev–Trinajstić information content (AvgIpc) is 2.79. The van der Waals surface area contributed by atoms with Crippen LogP contribution in [0.15, 0.2) is 29.6 Å². The Balaban J connectivity index is 2.36. The molecule has 0 aliphatic heterocycles. The first-order valence-electron chi connectivity index (χ1n) is 5.40. The Morgan fingerprint density at radius 1 is 1.35 bits per heavy atom. The molecule has 1 aromatic heterocycles. The average molecular weight is 248 g/mol. The fourth-order valence-corrected chi connectivity index (χ4v) is 2.40. The molecule has 0 aliphatic carbocycles. The van der Waals surface area contributed by atoms with Gasteiger partial charge >= 0.3 is 0 Å². The van der Waals surface area contributed by atoms with E-state index in [1.54, 1.807) is 18.4 Å². The third-order valence-electron chi connectivity index (χ3n) is 2.71. The van der Waals surface area contributed by atoms with Gasteiger partial charge in [-0.05, 0) is 26.0 Å². The molecule has 0 saturated carbocycles. The molecule has 2 rings (SSSR count). The van der Waals surface area contributed by atoms with Crippen LogP contribution in [-0.2, 0) is 10.3 Å². The van der Waals surface area contributed by atoms with Gasteiger partial charge in [-0.3, -0.25) is 0 Å². The number of nitrogens with zero attached hydrogens (tertiary/aromatic N) is 1. The van der Waals surface area contributed by atoms with Crippen LogP contribution in [-0.4, -0.2) is 12.1 Å². The van der Waals surface area contributed by atoms with E-state index >= 15 is 0 Å². The molecular formula is C13H16N2OS. The van der Waals surface area contributed by atoms with Crippen LogP contribution in [0.1, 0.15) is 18.9 Å². The lowest BCUT2D eigenvalue weighted by Gasteiger charge is -2.19. The number of hydrogen-bond acceptors (Lipinski definition) is 4. The molecule has 0 unspecified atom stereocenters. The maximum atomic E-state index is 5.77. The van der Waals surface area contributed by atoms with Gasteiger partial charge in [0.25, 0.3) is 0 Å². The second kappa shape index (κ2) is 4.47. The van der Waals surface area contributed by atoms with Crippen LogP contribution >= 0.6 is 11.3 Å². The predicted molar refractivity (Wildman–Crippen MR) is 72.0 cm³/mol. The van der Waals surface area contributed by atoms with Crippen molar-refractivity contribution < 1.29 is 4.74 Å². The van der Waals surface area contributed by atoms with Gasteiger partial charge in [-0.15, -0.1) is 11.3 Å². The van der Waals surface area contributed by atoms with Crippen molar-refractivity contribution in [1.82, 2.24) is 4.98 Å². The summed E-state index contributed by atoms with van der Waals surface area (Å²) >= 11 is 1.60. The van der Waals surface area contributed by atoms with Crippen molar-refractivity contribution in [2.45, 2.75) is 19.4 Å². The molecule has 1 aromatic carbocycles. The number of nitrogen functional groups attached to an aromatic ring is 1. The van der Waals surface area contributed by atoms with E-state index < -0.39 is 0 Å². The Labute approximate surface area is 105 Å². The van der Waals surface area contributed by atoms with Gasteiger partial charge in [0.05, 0.1) is 5.69 Å². The molecule has 17 heavy (non-hydrogen) atoms. The summed E-state index contributed by atoms with van der Waals surface area (Å²) in [6.45, 7) is 4.02. The van der Waals surface area contributed by atoms with E-state index in [2.05, 4.69) is 4.98 Å². The molecule has 0 aliphatic rings. The molecule has 1 heterocycles. The highest BCUT2D eigenvalue weighted by Crippen LogP contribution is 2.31. The van der Waals surface area contributed by atoms with Crippen LogP contribution < -0.4 is 5.73 Å². The molecule has 0 spiro atoms. The maximum Gasteiger partial charge on any atom is 0.125 e. The van der Waals surface area contributed by atoms with Crippen molar-refractivity contribution in [3.05, 3.63) is 34.7 Å². The first kappa shape index (κ1) is 12.1. The fraction of sp³-hybridized carbons (Fsp3) is 0.308. The predicted octanol–water partition coefficient (Wildman–Crippen LogP) is 3.27. The number of aromatic nitrogens is 1. The molecule has 3 nitrogen and oxygen atoms in total. The number of benzene rings is 1. The zero-order valence-electron chi connectivity index (χ0n) is 10.2. The summed E-state index contributed by atoms with van der Waals surface area (Å²) < 4.78 is 5.42. The van der Waals surface area contributed by atoms with E-state index in [0.29, 0.717) is 0 Å². The first-order valence-corrected chi connectivity index (χ1v) is 6.28. The zero-order chi connectivity index (χ0) is 12.5. The summed E-state index contributed by atoms with van der Waals surface area (Å²) in [4.78, 5) is 4.60. The molecular weight excluding hydrogens is 232 g/mol. The highest BCUT2D eigenvalue weighted by molar-refractivity contribution is 7.10. The van der Waals surface area contributed by atoms with Gasteiger partial charge in [0.1, 0.15) is 10.6 Å². The Bertz CT molecular complexity index is 520. The van der Waals surface area contributed by atoms with E-state index in [1.165, 1.54) is 0 Å². The van der Waals surface area contributed by atoms with Gasteiger partial charge in [0, 0.05) is 23.7 Å². The highest BCUT2D eigenvalue weighted by atomic mass is 32.1. The van der Waals surface area contributed by atoms with Gasteiger partial charge in [-0.1, -0.05) is 12.1 Å². The van der Waals surface area contributed by atoms with E-state index in [1.807, 2.05) is 43.5 Å². The lowest BCUT2D eigenvalue weighted by Crippen LogP contribution is -2.18. The van der Waals surface area contributed by atoms with Crippen molar-refractivity contribution in [1.29, 1.82) is 0 Å². The summed E-state index contributed by atoms with van der Waals surface area (Å²) in [6, 6.07) is 7.74. The van der Waals surface area contributed by atoms with Gasteiger partial charge < -0.3 is 10.5 Å². The third-order valence-corrected chi connectivity index (χ3v) is 3.86. The second-order valence-corrected chi connectivity index (χ2v) is 5.24. The van der Waals surface area contributed by atoms with E-state index in [0.717, 1.165) is 22.0 Å². The minimum absolute atomic E-state index is 0.344. The fourth-order valence-electron chi connectivity index (χ4n) is 1.47. The number of hydrogen-bond donors (Lipinski definition) is 1. The van der Waals surface area contributed by atoms with Crippen LogP contribution in [0.3, 0.4) is 0 Å². The lowest BCUT2D eigenvalue weighted by atomic mass is 10.1. The van der Waals surface area contributed by atoms with Crippen molar-refractivity contribution >= 4 is 17.0 Å². The molecule has 0 bridgehead atoms. The highest BCUT2D eigenvalue weighted by Gasteiger charge is 2.23. The van der Waals surface area contributed by atoms with Crippen molar-refractivity contribution in [2.24, 2.45) is 0 Å². The number of nitrogens with two attached hydrogens (primary N) is 1. The van der Waals surface area contributed by atoms with Gasteiger partial charge in [-0.2, -0.15) is 0 Å². The molecule has 0 radical (unpaired) electrons. The Morgan fingerprint density at radius 2 is 2.12 bits per heavy atom. The van der Waals surface area contributed by atoms with Crippen LogP contribution in [0.4, 0.5) is 5.69 Å². The monoisotopic (exact) mass is 248 g/mol. The maximum absolute atomic E-state index is 5.77. The molecule has 0 saturated heterocycles. The largest absolute Gasteiger partial charge is 0.399 e. The van der Waals surface area contributed by atoms with E-state index in [4.69, 9.17) is 10.5 Å². The lowest BCUT2D eigenvalue weighted by molar-refractivity contribution is 0.0191. The SMILES string of the molecule is COC(C)(C)c1nc(-c2cccc(N)c2)cs1. The molecule has 0 fully saturated rings. The van der Waals surface area contributed by atoms with Crippen molar-refractivity contribution in [2.75, 3.05) is 12.8 Å². The quantitative estimate of drug-likeness (QED) is 0.848. The number of rotatable bonds is 3. The Hall–Kier alpha value is -1.39. The Morgan fingerprint density at radius 3 is 2.76 bits per heavy atom. The summed E-state index contributed by atoms with van der Waals surface area (Å²) in [7, 11) is 1.70. The minimum atomic E-state index is -0.344. The molecule has 4 heteroatoms. The summed E-state index contributed by atoms with van der Waals surface area (Å²) in [5, 5.41) is 3.00. The standard InChI is InChI=1S/C13H16N2OS/c1-13(2,16-3)12-15-11(8-17-12)9-5-4-6-10(14)7-9/h4-8H,14H2,1-3H3. The summed E-state index contributed by atoms with van der Waals surface area (Å²) in [5.41, 5.74) is 8.16. The van der Waals surface area contributed by atoms with Gasteiger partial charge in [0.15, 0.2) is 0 Å². The van der Waals surface area contributed by atoms with Crippen LogP contribution in [0.2, 0.25) is 0 Å². The summed E-state index contributed by atoms with van der Waals surface area (Å²) in [6.07, 6.45) is 0. The van der Waals surface area contributed by atoms with Crippen LogP contribution in [0, 0.1) is 0 Å². The molecule has 2 aromatic rings. The summed E-state index contributed by atoms with van der Waals surface area (Å²) in [5.74, 6) is 0. The Kier molecular flexibility index (Phi) is 3.17. The molecule has 0 atom stereocenters. The van der Waals surface area contributed by atoms with Crippen LogP contribution in [0.25, 0.3) is 11.3 Å². The van der Waals surface area contributed by atoms with Crippen molar-refractivity contribution in [3.63, 3.8) is 0 Å². The number of anilines is 1. The second-order valence-electron chi connectivity index (χ2n) is 4.38. The molecule has 90 valence electrons. The van der Waals surface area contributed by atoms with E-state index in [-0.39, 0.29) is 5.60 Å². The topological polar surface area (TPSA) is 48.1 Å². The molecule has 0 amide bonds. The minimum Gasteiger partial charge on any atom is -0.399 e. The van der Waals surface area contributed by atoms with E-state index in [9.17, 15) is 0 Å². The van der Waals surface area contributed by atoms with Gasteiger partial charge in [-0.25, -0.2) is 4.98 Å². The first-order chi connectivity index (χ1) is 8.03. The number of ether oxygens (including phenoxy) is 1. The van der Waals surface area contributed by atoms with Gasteiger partial charge in [0.2, 0.25) is 0 Å². The normalized spacial score (nSPS) is 11.7. The van der Waals surface area contributed by atoms with Crippen LogP contribution in [0.5, 0.6) is 0 Å². The molecule has 2 N–H and O–H groups in total. The van der Waals surface area contributed by atoms with Crippen molar-refractivity contribution in [3.8, 4) is 11.3 Å². The number of methoxy groups -OCH3 is 1. The smallest absolute Gasteiger partial charge is 0.125 e. The number of thiazole rings is 1. The zero-order valence-corrected chi connectivity index (χ0v) is 11.0. The third kappa shape index (κ3) is 2.48.